The van der Waals surface area contributed by atoms with Crippen LogP contribution in [0.15, 0.2) is 18.2 Å². The number of rotatable bonds is 6. The highest BCUT2D eigenvalue weighted by Crippen LogP contribution is 2.13. The van der Waals surface area contributed by atoms with Gasteiger partial charge >= 0.3 is 0 Å². The second kappa shape index (κ2) is 7.42. The molecule has 0 amide bonds. The Morgan fingerprint density at radius 3 is 2.28 bits per heavy atom. The first-order chi connectivity index (χ1) is 8.67. The van der Waals surface area contributed by atoms with Crippen molar-refractivity contribution < 1.29 is 4.39 Å². The van der Waals surface area contributed by atoms with Crippen LogP contribution in [0.25, 0.3) is 0 Å². The molecule has 0 heterocycles. The Morgan fingerprint density at radius 1 is 1.17 bits per heavy atom. The van der Waals surface area contributed by atoms with Crippen LogP contribution in [0.3, 0.4) is 0 Å². The second-order valence-corrected chi connectivity index (χ2v) is 4.16. The third kappa shape index (κ3) is 4.53. The van der Waals surface area contributed by atoms with Gasteiger partial charge in [-0.1, -0.05) is 6.07 Å². The molecule has 0 spiro atoms. The topological polar surface area (TPSA) is 50.8 Å². The highest BCUT2D eigenvalue weighted by molar-refractivity contribution is 5.26. The van der Waals surface area contributed by atoms with E-state index in [1.807, 2.05) is 11.8 Å². The molecule has 0 aromatic heterocycles. The lowest BCUT2D eigenvalue weighted by Gasteiger charge is -2.20. The number of aryl methyl sites for hydroxylation is 1. The maximum absolute atomic E-state index is 13.0. The van der Waals surface area contributed by atoms with E-state index >= 15 is 0 Å². The van der Waals surface area contributed by atoms with Crippen LogP contribution in [0, 0.1) is 35.4 Å². The minimum absolute atomic E-state index is 0.239. The Balaban J connectivity index is 2.69. The summed E-state index contributed by atoms with van der Waals surface area (Å²) in [5.41, 5.74) is 1.93. The van der Waals surface area contributed by atoms with Gasteiger partial charge in [-0.25, -0.2) is 4.39 Å². The Kier molecular flexibility index (Phi) is 5.84. The number of hydrogen-bond acceptors (Lipinski definition) is 3. The maximum Gasteiger partial charge on any atom is 0.123 e. The minimum atomic E-state index is -0.239. The zero-order chi connectivity index (χ0) is 13.4. The van der Waals surface area contributed by atoms with Crippen molar-refractivity contribution in [3.8, 4) is 12.1 Å². The van der Waals surface area contributed by atoms with E-state index in [2.05, 4.69) is 12.1 Å². The van der Waals surface area contributed by atoms with Gasteiger partial charge in [0.2, 0.25) is 0 Å². The first kappa shape index (κ1) is 14.2. The van der Waals surface area contributed by atoms with E-state index in [-0.39, 0.29) is 5.82 Å². The fraction of sp³-hybridized carbons (Fsp3) is 0.429. The van der Waals surface area contributed by atoms with E-state index in [1.54, 1.807) is 6.07 Å². The summed E-state index contributed by atoms with van der Waals surface area (Å²) in [5.74, 6) is -0.239. The molecule has 0 bridgehead atoms. The highest BCUT2D eigenvalue weighted by Gasteiger charge is 2.08. The molecule has 0 unspecified atom stereocenters. The van der Waals surface area contributed by atoms with E-state index < -0.39 is 0 Å². The van der Waals surface area contributed by atoms with Gasteiger partial charge in [-0.3, -0.25) is 4.90 Å². The molecule has 0 fully saturated rings. The van der Waals surface area contributed by atoms with Crippen molar-refractivity contribution in [2.24, 2.45) is 0 Å². The first-order valence-electron chi connectivity index (χ1n) is 5.88. The predicted octanol–water partition coefficient (Wildman–Crippen LogP) is 2.76. The van der Waals surface area contributed by atoms with Crippen molar-refractivity contribution in [1.82, 2.24) is 4.90 Å². The van der Waals surface area contributed by atoms with Crippen LogP contribution < -0.4 is 0 Å². The van der Waals surface area contributed by atoms with E-state index in [0.29, 0.717) is 32.5 Å². The number of hydrogen-bond donors (Lipinski definition) is 0. The number of halogens is 1. The Bertz CT molecular complexity index is 453. The molecule has 94 valence electrons. The van der Waals surface area contributed by atoms with Gasteiger partial charge < -0.3 is 0 Å². The molecule has 1 rings (SSSR count). The molecule has 0 aliphatic carbocycles. The average Bonchev–Trinajstić information content (AvgIpc) is 2.35. The minimum Gasteiger partial charge on any atom is -0.297 e. The lowest BCUT2D eigenvalue weighted by Crippen LogP contribution is -2.25. The third-order valence-electron chi connectivity index (χ3n) is 2.78. The zero-order valence-electron chi connectivity index (χ0n) is 10.5. The lowest BCUT2D eigenvalue weighted by atomic mass is 10.1. The Morgan fingerprint density at radius 2 is 1.78 bits per heavy atom. The van der Waals surface area contributed by atoms with Crippen LogP contribution in [0.4, 0.5) is 4.39 Å². The molecular weight excluding hydrogens is 229 g/mol. The van der Waals surface area contributed by atoms with Crippen molar-refractivity contribution >= 4 is 0 Å². The van der Waals surface area contributed by atoms with Crippen LogP contribution >= 0.6 is 0 Å². The maximum atomic E-state index is 13.0. The van der Waals surface area contributed by atoms with E-state index in [9.17, 15) is 4.39 Å². The van der Waals surface area contributed by atoms with Gasteiger partial charge in [-0.15, -0.1) is 0 Å². The molecule has 4 heteroatoms. The summed E-state index contributed by atoms with van der Waals surface area (Å²) in [5, 5.41) is 17.2. The quantitative estimate of drug-likeness (QED) is 0.774. The first-order valence-corrected chi connectivity index (χ1v) is 5.88. The van der Waals surface area contributed by atoms with Gasteiger partial charge in [0.25, 0.3) is 0 Å². The summed E-state index contributed by atoms with van der Waals surface area (Å²) in [7, 11) is 0. The molecule has 1 aromatic carbocycles. The SMILES string of the molecule is Cc1cc(F)ccc1CN(CCC#N)CCC#N. The molecule has 1 aromatic rings. The van der Waals surface area contributed by atoms with Gasteiger partial charge in [0.15, 0.2) is 0 Å². The number of benzene rings is 1. The zero-order valence-corrected chi connectivity index (χ0v) is 10.5. The molecule has 3 nitrogen and oxygen atoms in total. The Labute approximate surface area is 107 Å². The standard InChI is InChI=1S/C14H16FN3/c1-12-10-14(15)5-4-13(12)11-18(8-2-6-16)9-3-7-17/h4-5,10H,2-3,8-9,11H2,1H3. The molecule has 0 saturated heterocycles. The van der Waals surface area contributed by atoms with Crippen LogP contribution in [-0.2, 0) is 6.54 Å². The summed E-state index contributed by atoms with van der Waals surface area (Å²) in [6, 6.07) is 8.90. The summed E-state index contributed by atoms with van der Waals surface area (Å²) < 4.78 is 13.0. The van der Waals surface area contributed by atoms with Crippen molar-refractivity contribution in [3.05, 3.63) is 35.1 Å². The van der Waals surface area contributed by atoms with E-state index in [1.165, 1.54) is 12.1 Å². The molecule has 0 radical (unpaired) electrons. The van der Waals surface area contributed by atoms with Gasteiger partial charge in [0.05, 0.1) is 12.1 Å². The lowest BCUT2D eigenvalue weighted by molar-refractivity contribution is 0.277. The van der Waals surface area contributed by atoms with E-state index in [0.717, 1.165) is 11.1 Å². The van der Waals surface area contributed by atoms with Gasteiger partial charge in [-0.05, 0) is 30.2 Å². The average molecular weight is 245 g/mol. The van der Waals surface area contributed by atoms with E-state index in [4.69, 9.17) is 10.5 Å². The smallest absolute Gasteiger partial charge is 0.123 e. The molecule has 0 N–H and O–H groups in total. The highest BCUT2D eigenvalue weighted by atomic mass is 19.1. The van der Waals surface area contributed by atoms with Crippen LogP contribution in [-0.4, -0.2) is 18.0 Å². The van der Waals surface area contributed by atoms with Gasteiger partial charge in [0, 0.05) is 32.5 Å². The van der Waals surface area contributed by atoms with Gasteiger partial charge in [-0.2, -0.15) is 10.5 Å². The van der Waals surface area contributed by atoms with Gasteiger partial charge in [0.1, 0.15) is 5.82 Å². The molecule has 0 aliphatic heterocycles. The molecular formula is C14H16FN3. The summed E-state index contributed by atoms with van der Waals surface area (Å²) in [4.78, 5) is 2.05. The summed E-state index contributed by atoms with van der Waals surface area (Å²) >= 11 is 0. The molecule has 18 heavy (non-hydrogen) atoms. The normalized spacial score (nSPS) is 10.1. The van der Waals surface area contributed by atoms with Crippen LogP contribution in [0.1, 0.15) is 24.0 Å². The fourth-order valence-electron chi connectivity index (χ4n) is 1.76. The summed E-state index contributed by atoms with van der Waals surface area (Å²) in [6.45, 7) is 3.78. The molecule has 0 saturated carbocycles. The van der Waals surface area contributed by atoms with Crippen molar-refractivity contribution in [2.45, 2.75) is 26.3 Å². The third-order valence-corrected chi connectivity index (χ3v) is 2.78. The predicted molar refractivity (Wildman–Crippen MR) is 66.9 cm³/mol. The van der Waals surface area contributed by atoms with Crippen molar-refractivity contribution in [1.29, 1.82) is 10.5 Å². The molecule has 0 aliphatic rings. The largest absolute Gasteiger partial charge is 0.297 e. The summed E-state index contributed by atoms with van der Waals surface area (Å²) in [6.07, 6.45) is 0.872. The number of nitrogens with zero attached hydrogens (tertiary/aromatic N) is 3. The van der Waals surface area contributed by atoms with Crippen LogP contribution in [0.2, 0.25) is 0 Å². The van der Waals surface area contributed by atoms with Crippen molar-refractivity contribution in [2.75, 3.05) is 13.1 Å². The van der Waals surface area contributed by atoms with Crippen molar-refractivity contribution in [3.63, 3.8) is 0 Å². The van der Waals surface area contributed by atoms with Crippen LogP contribution in [0.5, 0.6) is 0 Å². The Hall–Kier alpha value is -1.91. The second-order valence-electron chi connectivity index (χ2n) is 4.16. The molecule has 0 atom stereocenters. The number of nitriles is 2. The fourth-order valence-corrected chi connectivity index (χ4v) is 1.76. The monoisotopic (exact) mass is 245 g/mol.